The van der Waals surface area contributed by atoms with E-state index < -0.39 is 23.9 Å². The predicted molar refractivity (Wildman–Crippen MR) is 71.9 cm³/mol. The summed E-state index contributed by atoms with van der Waals surface area (Å²) in [6.07, 6.45) is 1.87. The van der Waals surface area contributed by atoms with Gasteiger partial charge in [0.15, 0.2) is 0 Å². The van der Waals surface area contributed by atoms with Gasteiger partial charge in [-0.25, -0.2) is 9.59 Å². The van der Waals surface area contributed by atoms with Crippen molar-refractivity contribution < 1.29 is 19.5 Å². The zero-order valence-electron chi connectivity index (χ0n) is 10.6. The van der Waals surface area contributed by atoms with E-state index in [-0.39, 0.29) is 18.9 Å². The van der Waals surface area contributed by atoms with Gasteiger partial charge in [0, 0.05) is 18.2 Å². The molecule has 0 bridgehead atoms. The summed E-state index contributed by atoms with van der Waals surface area (Å²) < 4.78 is 0. The lowest BCUT2D eigenvalue weighted by atomic mass is 10.1. The summed E-state index contributed by atoms with van der Waals surface area (Å²) >= 11 is 1.76. The summed E-state index contributed by atoms with van der Waals surface area (Å²) in [6, 6.07) is -1.53. The third-order valence-electron chi connectivity index (χ3n) is 2.78. The number of rotatable bonds is 6. The van der Waals surface area contributed by atoms with Crippen LogP contribution in [0, 0.1) is 0 Å². The first-order valence-electron chi connectivity index (χ1n) is 6.15. The molecule has 0 spiro atoms. The lowest BCUT2D eigenvalue weighted by Crippen LogP contribution is -2.50. The summed E-state index contributed by atoms with van der Waals surface area (Å²) in [5, 5.41) is 14.0. The van der Waals surface area contributed by atoms with E-state index in [9.17, 15) is 14.4 Å². The minimum atomic E-state index is -1.17. The van der Waals surface area contributed by atoms with Crippen molar-refractivity contribution >= 4 is 29.7 Å². The summed E-state index contributed by atoms with van der Waals surface area (Å²) in [5.74, 6) is 0.175. The first-order chi connectivity index (χ1) is 8.99. The quantitative estimate of drug-likeness (QED) is 0.544. The van der Waals surface area contributed by atoms with E-state index in [1.807, 2.05) is 0 Å². The van der Waals surface area contributed by atoms with E-state index in [1.165, 1.54) is 0 Å². The van der Waals surface area contributed by atoms with Gasteiger partial charge in [-0.05, 0) is 25.0 Å². The summed E-state index contributed by atoms with van der Waals surface area (Å²) in [6.45, 7) is 0. The number of thioether (sulfide) groups is 1. The molecule has 108 valence electrons. The molecule has 1 aliphatic rings. The number of hydrogen-bond donors (Lipinski definition) is 4. The van der Waals surface area contributed by atoms with Crippen molar-refractivity contribution in [2.45, 2.75) is 37.8 Å². The number of amides is 3. The highest BCUT2D eigenvalue weighted by Crippen LogP contribution is 2.16. The number of urea groups is 1. The number of carbonyl (C=O) groups excluding carboxylic acids is 2. The molecule has 1 fully saturated rings. The molecule has 1 aliphatic heterocycles. The Kier molecular flexibility index (Phi) is 6.48. The molecular formula is C11H19N3O4S. The van der Waals surface area contributed by atoms with Crippen LogP contribution >= 0.6 is 11.8 Å². The first-order valence-corrected chi connectivity index (χ1v) is 7.30. The Labute approximate surface area is 115 Å². The Balaban J connectivity index is 2.37. The van der Waals surface area contributed by atoms with Crippen LogP contribution in [-0.2, 0) is 9.59 Å². The molecule has 19 heavy (non-hydrogen) atoms. The molecule has 5 N–H and O–H groups in total. The maximum absolute atomic E-state index is 11.7. The molecule has 2 atom stereocenters. The van der Waals surface area contributed by atoms with Crippen LogP contribution in [0.4, 0.5) is 4.79 Å². The Morgan fingerprint density at radius 2 is 2.16 bits per heavy atom. The van der Waals surface area contributed by atoms with Crippen molar-refractivity contribution in [1.82, 2.24) is 10.6 Å². The number of nitrogens with two attached hydrogens (primary N) is 1. The Bertz CT molecular complexity index is 345. The second-order valence-electron chi connectivity index (χ2n) is 4.43. The fraction of sp³-hybridized carbons (Fsp3) is 0.727. The molecular weight excluding hydrogens is 270 g/mol. The summed E-state index contributed by atoms with van der Waals surface area (Å²) in [4.78, 5) is 33.2. The third-order valence-corrected chi connectivity index (χ3v) is 3.99. The van der Waals surface area contributed by atoms with E-state index in [0.717, 1.165) is 24.3 Å². The molecule has 7 nitrogen and oxygen atoms in total. The standard InChI is InChI=1S/C11H19N3O4S/c12-9(15)4-3-8(10(16)17)14-11(18)13-7-2-1-5-19-6-7/h7-8H,1-6H2,(H2,12,15)(H,16,17)(H2,13,14,18)/t7?,8-/m0/s1. The van der Waals surface area contributed by atoms with Crippen molar-refractivity contribution in [3.05, 3.63) is 0 Å². The van der Waals surface area contributed by atoms with Crippen molar-refractivity contribution in [2.24, 2.45) is 5.73 Å². The monoisotopic (exact) mass is 289 g/mol. The molecule has 0 aromatic heterocycles. The smallest absolute Gasteiger partial charge is 0.326 e. The van der Waals surface area contributed by atoms with Crippen LogP contribution in [0.15, 0.2) is 0 Å². The topological polar surface area (TPSA) is 122 Å². The zero-order chi connectivity index (χ0) is 14.3. The minimum Gasteiger partial charge on any atom is -0.480 e. The Hall–Kier alpha value is -1.44. The number of carboxylic acids is 1. The van der Waals surface area contributed by atoms with Crippen molar-refractivity contribution in [3.63, 3.8) is 0 Å². The molecule has 1 unspecified atom stereocenters. The van der Waals surface area contributed by atoms with Crippen LogP contribution in [0.1, 0.15) is 25.7 Å². The number of carbonyl (C=O) groups is 3. The number of hydrogen-bond acceptors (Lipinski definition) is 4. The highest BCUT2D eigenvalue weighted by molar-refractivity contribution is 7.99. The predicted octanol–water partition coefficient (Wildman–Crippen LogP) is -0.100. The van der Waals surface area contributed by atoms with Gasteiger partial charge in [-0.15, -0.1) is 0 Å². The second kappa shape index (κ2) is 7.88. The van der Waals surface area contributed by atoms with E-state index in [0.29, 0.717) is 0 Å². The van der Waals surface area contributed by atoms with E-state index in [4.69, 9.17) is 10.8 Å². The molecule has 0 saturated carbocycles. The number of aliphatic carboxylic acids is 1. The molecule has 1 heterocycles. The molecule has 0 aliphatic carbocycles. The Morgan fingerprint density at radius 1 is 1.42 bits per heavy atom. The Morgan fingerprint density at radius 3 is 2.68 bits per heavy atom. The summed E-state index contributed by atoms with van der Waals surface area (Å²) in [5.41, 5.74) is 4.96. The first kappa shape index (κ1) is 15.6. The van der Waals surface area contributed by atoms with Gasteiger partial charge < -0.3 is 21.5 Å². The van der Waals surface area contributed by atoms with Crippen LogP contribution in [0.2, 0.25) is 0 Å². The molecule has 1 rings (SSSR count). The highest BCUT2D eigenvalue weighted by atomic mass is 32.2. The van der Waals surface area contributed by atoms with Crippen molar-refractivity contribution in [1.29, 1.82) is 0 Å². The molecule has 3 amide bonds. The molecule has 1 saturated heterocycles. The summed E-state index contributed by atoms with van der Waals surface area (Å²) in [7, 11) is 0. The maximum Gasteiger partial charge on any atom is 0.326 e. The lowest BCUT2D eigenvalue weighted by Gasteiger charge is -2.23. The van der Waals surface area contributed by atoms with Crippen LogP contribution in [-0.4, -0.2) is 46.6 Å². The van der Waals surface area contributed by atoms with E-state index >= 15 is 0 Å². The van der Waals surface area contributed by atoms with Gasteiger partial charge in [0.1, 0.15) is 6.04 Å². The third kappa shape index (κ3) is 6.32. The average molecular weight is 289 g/mol. The van der Waals surface area contributed by atoms with Gasteiger partial charge in [-0.2, -0.15) is 11.8 Å². The van der Waals surface area contributed by atoms with Gasteiger partial charge >= 0.3 is 12.0 Å². The molecule has 0 aromatic carbocycles. The van der Waals surface area contributed by atoms with Crippen LogP contribution in [0.25, 0.3) is 0 Å². The van der Waals surface area contributed by atoms with Crippen molar-refractivity contribution in [2.75, 3.05) is 11.5 Å². The SMILES string of the molecule is NC(=O)CC[C@H](NC(=O)NC1CCCSC1)C(=O)O. The fourth-order valence-electron chi connectivity index (χ4n) is 1.78. The fourth-order valence-corrected chi connectivity index (χ4v) is 2.86. The molecule has 8 heteroatoms. The van der Waals surface area contributed by atoms with E-state index in [1.54, 1.807) is 11.8 Å². The largest absolute Gasteiger partial charge is 0.480 e. The van der Waals surface area contributed by atoms with Gasteiger partial charge in [0.05, 0.1) is 0 Å². The van der Waals surface area contributed by atoms with Crippen LogP contribution in [0.3, 0.4) is 0 Å². The minimum absolute atomic E-state index is 0.00248. The zero-order valence-corrected chi connectivity index (χ0v) is 11.4. The van der Waals surface area contributed by atoms with Gasteiger partial charge in [-0.3, -0.25) is 4.79 Å². The van der Waals surface area contributed by atoms with E-state index in [2.05, 4.69) is 10.6 Å². The number of primary amides is 1. The second-order valence-corrected chi connectivity index (χ2v) is 5.58. The van der Waals surface area contributed by atoms with Gasteiger partial charge in [0.25, 0.3) is 0 Å². The molecule has 0 radical (unpaired) electrons. The number of carboxylic acid groups (broad SMARTS) is 1. The van der Waals surface area contributed by atoms with Gasteiger partial charge in [-0.1, -0.05) is 0 Å². The molecule has 0 aromatic rings. The normalized spacial score (nSPS) is 20.3. The lowest BCUT2D eigenvalue weighted by molar-refractivity contribution is -0.139. The van der Waals surface area contributed by atoms with Crippen LogP contribution < -0.4 is 16.4 Å². The van der Waals surface area contributed by atoms with Crippen molar-refractivity contribution in [3.8, 4) is 0 Å². The maximum atomic E-state index is 11.7. The van der Waals surface area contributed by atoms with Crippen LogP contribution in [0.5, 0.6) is 0 Å². The number of nitrogens with one attached hydrogen (secondary N) is 2. The average Bonchev–Trinajstić information content (AvgIpc) is 2.35. The highest BCUT2D eigenvalue weighted by Gasteiger charge is 2.22. The van der Waals surface area contributed by atoms with Gasteiger partial charge in [0.2, 0.25) is 5.91 Å².